The van der Waals surface area contributed by atoms with Crippen molar-refractivity contribution in [2.75, 3.05) is 13.2 Å². The Morgan fingerprint density at radius 3 is 2.93 bits per heavy atom. The van der Waals surface area contributed by atoms with E-state index < -0.39 is 5.97 Å². The predicted molar refractivity (Wildman–Crippen MR) is 54.1 cm³/mol. The van der Waals surface area contributed by atoms with Crippen LogP contribution in [-0.2, 0) is 4.74 Å². The molecule has 0 atom stereocenters. The van der Waals surface area contributed by atoms with E-state index in [4.69, 9.17) is 14.6 Å². The molecule has 5 nitrogen and oxygen atoms in total. The summed E-state index contributed by atoms with van der Waals surface area (Å²) < 4.78 is 10.8. The van der Waals surface area contributed by atoms with Crippen molar-refractivity contribution < 1.29 is 19.4 Å². The number of carboxylic acids is 1. The Balaban J connectivity index is 2.23. The molecular formula is C9H8BrNO4. The van der Waals surface area contributed by atoms with Crippen molar-refractivity contribution in [1.29, 1.82) is 0 Å². The molecule has 1 aromatic rings. The summed E-state index contributed by atoms with van der Waals surface area (Å²) in [4.78, 5) is 14.8. The van der Waals surface area contributed by atoms with Gasteiger partial charge < -0.3 is 14.6 Å². The molecule has 2 heterocycles. The van der Waals surface area contributed by atoms with Gasteiger partial charge in [0, 0.05) is 0 Å². The quantitative estimate of drug-likeness (QED) is 0.842. The van der Waals surface area contributed by atoms with Gasteiger partial charge in [-0.25, -0.2) is 9.78 Å². The minimum atomic E-state index is -1.03. The second-order valence-corrected chi connectivity index (χ2v) is 3.90. The van der Waals surface area contributed by atoms with Crippen LogP contribution in [0.3, 0.4) is 0 Å². The number of carboxylic acid groups (broad SMARTS) is 1. The van der Waals surface area contributed by atoms with Crippen LogP contribution in [-0.4, -0.2) is 35.4 Å². The zero-order chi connectivity index (χ0) is 10.8. The summed E-state index contributed by atoms with van der Waals surface area (Å²) in [6.45, 7) is 0.990. The highest BCUT2D eigenvalue weighted by molar-refractivity contribution is 9.10. The highest BCUT2D eigenvalue weighted by Crippen LogP contribution is 2.23. The van der Waals surface area contributed by atoms with Crippen LogP contribution in [0.1, 0.15) is 10.4 Å². The minimum absolute atomic E-state index is 0.0638. The number of aromatic nitrogens is 1. The molecule has 2 rings (SSSR count). The number of aromatic carboxylic acids is 1. The zero-order valence-electron chi connectivity index (χ0n) is 7.64. The average Bonchev–Trinajstić information content (AvgIpc) is 2.12. The monoisotopic (exact) mass is 273 g/mol. The van der Waals surface area contributed by atoms with Crippen LogP contribution in [0.2, 0.25) is 0 Å². The number of hydrogen-bond acceptors (Lipinski definition) is 4. The molecule has 0 aliphatic carbocycles. The molecule has 6 heteroatoms. The number of nitrogens with zero attached hydrogens (tertiary/aromatic N) is 1. The Kier molecular flexibility index (Phi) is 2.88. The lowest BCUT2D eigenvalue weighted by Gasteiger charge is -2.27. The van der Waals surface area contributed by atoms with Gasteiger partial charge in [-0.3, -0.25) is 0 Å². The largest absolute Gasteiger partial charge is 0.483 e. The Labute approximate surface area is 94.2 Å². The van der Waals surface area contributed by atoms with Crippen LogP contribution in [0.4, 0.5) is 0 Å². The Morgan fingerprint density at radius 1 is 1.67 bits per heavy atom. The molecule has 1 N–H and O–H groups in total. The lowest BCUT2D eigenvalue weighted by Crippen LogP contribution is -2.38. The van der Waals surface area contributed by atoms with Crippen molar-refractivity contribution in [3.8, 4) is 5.75 Å². The molecular weight excluding hydrogens is 266 g/mol. The molecule has 0 bridgehead atoms. The molecule has 15 heavy (non-hydrogen) atoms. The summed E-state index contributed by atoms with van der Waals surface area (Å²) >= 11 is 3.11. The van der Waals surface area contributed by atoms with Gasteiger partial charge in [0.15, 0.2) is 5.75 Å². The molecule has 80 valence electrons. The van der Waals surface area contributed by atoms with Gasteiger partial charge in [0.25, 0.3) is 0 Å². The standard InChI is InChI=1S/C9H8BrNO4/c10-8-1-6(9(12)13)7(2-11-8)15-5-3-14-4-5/h1-2,5H,3-4H2,(H,12,13). The maximum Gasteiger partial charge on any atom is 0.339 e. The summed E-state index contributed by atoms with van der Waals surface area (Å²) in [6.07, 6.45) is 1.33. The molecule has 0 amide bonds. The number of rotatable bonds is 3. The number of carbonyl (C=O) groups is 1. The molecule has 1 aromatic heterocycles. The number of hydrogen-bond donors (Lipinski definition) is 1. The third-order valence-corrected chi connectivity index (χ3v) is 2.40. The van der Waals surface area contributed by atoms with Gasteiger partial charge in [-0.05, 0) is 22.0 Å². The van der Waals surface area contributed by atoms with Crippen molar-refractivity contribution in [3.05, 3.63) is 22.4 Å². The van der Waals surface area contributed by atoms with E-state index in [0.717, 1.165) is 0 Å². The van der Waals surface area contributed by atoms with Crippen LogP contribution in [0.5, 0.6) is 5.75 Å². The summed E-state index contributed by atoms with van der Waals surface area (Å²) in [7, 11) is 0. The fourth-order valence-electron chi connectivity index (χ4n) is 1.14. The molecule has 1 aliphatic rings. The Morgan fingerprint density at radius 2 is 2.40 bits per heavy atom. The predicted octanol–water partition coefficient (Wildman–Crippen LogP) is 1.32. The van der Waals surface area contributed by atoms with Crippen molar-refractivity contribution in [2.24, 2.45) is 0 Å². The van der Waals surface area contributed by atoms with Gasteiger partial charge in [-0.1, -0.05) is 0 Å². The highest BCUT2D eigenvalue weighted by atomic mass is 79.9. The first-order chi connectivity index (χ1) is 7.16. The fourth-order valence-corrected chi connectivity index (χ4v) is 1.47. The minimum Gasteiger partial charge on any atom is -0.483 e. The van der Waals surface area contributed by atoms with E-state index in [1.54, 1.807) is 0 Å². The third-order valence-electron chi connectivity index (χ3n) is 1.97. The zero-order valence-corrected chi connectivity index (χ0v) is 9.23. The summed E-state index contributed by atoms with van der Waals surface area (Å²) in [5.41, 5.74) is 0.101. The van der Waals surface area contributed by atoms with Crippen molar-refractivity contribution >= 4 is 21.9 Å². The van der Waals surface area contributed by atoms with Gasteiger partial charge in [-0.15, -0.1) is 0 Å². The second-order valence-electron chi connectivity index (χ2n) is 3.09. The maximum atomic E-state index is 10.9. The Bertz CT molecular complexity index is 392. The first kappa shape index (κ1) is 10.4. The van der Waals surface area contributed by atoms with Crippen LogP contribution < -0.4 is 4.74 Å². The van der Waals surface area contributed by atoms with E-state index in [1.807, 2.05) is 0 Å². The van der Waals surface area contributed by atoms with E-state index in [9.17, 15) is 4.79 Å². The molecule has 1 saturated heterocycles. The SMILES string of the molecule is O=C(O)c1cc(Br)ncc1OC1COC1. The maximum absolute atomic E-state index is 10.9. The fraction of sp³-hybridized carbons (Fsp3) is 0.333. The van der Waals surface area contributed by atoms with Crippen molar-refractivity contribution in [3.63, 3.8) is 0 Å². The van der Waals surface area contributed by atoms with Gasteiger partial charge in [0.1, 0.15) is 16.3 Å². The molecule has 0 saturated carbocycles. The van der Waals surface area contributed by atoms with Crippen molar-refractivity contribution in [2.45, 2.75) is 6.10 Å². The molecule has 1 aliphatic heterocycles. The number of pyridine rings is 1. The van der Waals surface area contributed by atoms with Crippen LogP contribution in [0, 0.1) is 0 Å². The van der Waals surface area contributed by atoms with Crippen LogP contribution >= 0.6 is 15.9 Å². The van der Waals surface area contributed by atoms with E-state index in [1.165, 1.54) is 12.3 Å². The number of ether oxygens (including phenoxy) is 2. The lowest BCUT2D eigenvalue weighted by atomic mass is 10.2. The smallest absolute Gasteiger partial charge is 0.339 e. The van der Waals surface area contributed by atoms with Crippen LogP contribution in [0.25, 0.3) is 0 Å². The molecule has 0 aromatic carbocycles. The lowest BCUT2D eigenvalue weighted by molar-refractivity contribution is -0.0800. The van der Waals surface area contributed by atoms with Gasteiger partial charge >= 0.3 is 5.97 Å². The van der Waals surface area contributed by atoms with Crippen LogP contribution in [0.15, 0.2) is 16.9 Å². The molecule has 0 unspecified atom stereocenters. The van der Waals surface area contributed by atoms with Gasteiger partial charge in [0.2, 0.25) is 0 Å². The number of halogens is 1. The summed E-state index contributed by atoms with van der Waals surface area (Å²) in [6, 6.07) is 1.41. The topological polar surface area (TPSA) is 68.7 Å². The van der Waals surface area contributed by atoms with Gasteiger partial charge in [0.05, 0.1) is 19.4 Å². The molecule has 0 spiro atoms. The third kappa shape index (κ3) is 2.27. The average molecular weight is 274 g/mol. The first-order valence-electron chi connectivity index (χ1n) is 4.30. The summed E-state index contributed by atoms with van der Waals surface area (Å²) in [5, 5.41) is 8.93. The van der Waals surface area contributed by atoms with E-state index in [-0.39, 0.29) is 17.4 Å². The normalized spacial score (nSPS) is 15.8. The Hall–Kier alpha value is -1.14. The first-order valence-corrected chi connectivity index (χ1v) is 5.09. The highest BCUT2D eigenvalue weighted by Gasteiger charge is 2.23. The van der Waals surface area contributed by atoms with E-state index in [2.05, 4.69) is 20.9 Å². The van der Waals surface area contributed by atoms with Gasteiger partial charge in [-0.2, -0.15) is 0 Å². The molecule has 0 radical (unpaired) electrons. The molecule has 1 fully saturated rings. The summed E-state index contributed by atoms with van der Waals surface area (Å²) in [5.74, 6) is -0.757. The van der Waals surface area contributed by atoms with Crippen molar-refractivity contribution in [1.82, 2.24) is 4.98 Å². The van der Waals surface area contributed by atoms with E-state index in [0.29, 0.717) is 17.8 Å². The van der Waals surface area contributed by atoms with E-state index >= 15 is 0 Å². The second kappa shape index (κ2) is 4.16.